The first-order valence-electron chi connectivity index (χ1n) is 7.27. The van der Waals surface area contributed by atoms with Gasteiger partial charge in [-0.25, -0.2) is 4.39 Å². The molecular formula is C16H20FNO4. The molecule has 1 aliphatic rings. The lowest BCUT2D eigenvalue weighted by atomic mass is 9.86. The number of carboxylic acid groups (broad SMARTS) is 1. The highest BCUT2D eigenvalue weighted by Crippen LogP contribution is 2.38. The van der Waals surface area contributed by atoms with Crippen LogP contribution in [-0.4, -0.2) is 42.1 Å². The summed E-state index contributed by atoms with van der Waals surface area (Å²) in [6, 6.07) is 6.92. The molecule has 0 aliphatic carbocycles. The van der Waals surface area contributed by atoms with Gasteiger partial charge < -0.3 is 14.7 Å². The van der Waals surface area contributed by atoms with Crippen LogP contribution in [0.5, 0.6) is 5.75 Å². The first-order chi connectivity index (χ1) is 10.4. The third kappa shape index (κ3) is 3.75. The quantitative estimate of drug-likeness (QED) is 0.906. The Kier molecular flexibility index (Phi) is 5.00. The lowest BCUT2D eigenvalue weighted by Gasteiger charge is -2.36. The van der Waals surface area contributed by atoms with Crippen molar-refractivity contribution >= 4 is 11.9 Å². The van der Waals surface area contributed by atoms with Crippen LogP contribution in [0.25, 0.3) is 0 Å². The standard InChI is InChI=1S/C16H20FNO4/c1-22-13-4-2-3-12(11-13)16(17)7-9-18(10-8-16)14(19)5-6-15(20)21/h2-4,11H,5-10H2,1H3,(H,20,21). The second-order valence-corrected chi connectivity index (χ2v) is 5.47. The van der Waals surface area contributed by atoms with Crippen molar-refractivity contribution in [2.24, 2.45) is 0 Å². The molecule has 1 heterocycles. The number of ether oxygens (including phenoxy) is 1. The van der Waals surface area contributed by atoms with Crippen molar-refractivity contribution in [3.05, 3.63) is 29.8 Å². The molecule has 0 aromatic heterocycles. The second kappa shape index (κ2) is 6.77. The van der Waals surface area contributed by atoms with Gasteiger partial charge in [-0.3, -0.25) is 9.59 Å². The molecule has 1 aliphatic heterocycles. The summed E-state index contributed by atoms with van der Waals surface area (Å²) >= 11 is 0. The van der Waals surface area contributed by atoms with Crippen LogP contribution in [0.1, 0.15) is 31.2 Å². The summed E-state index contributed by atoms with van der Waals surface area (Å²) in [4.78, 5) is 23.9. The van der Waals surface area contributed by atoms with Gasteiger partial charge in [-0.1, -0.05) is 12.1 Å². The largest absolute Gasteiger partial charge is 0.497 e. The molecule has 0 spiro atoms. The smallest absolute Gasteiger partial charge is 0.303 e. The summed E-state index contributed by atoms with van der Waals surface area (Å²) in [6.45, 7) is 0.596. The average molecular weight is 309 g/mol. The van der Waals surface area contributed by atoms with Gasteiger partial charge in [0.2, 0.25) is 5.91 Å². The number of hydrogen-bond donors (Lipinski definition) is 1. The number of nitrogens with zero attached hydrogens (tertiary/aromatic N) is 1. The number of likely N-dealkylation sites (tertiary alicyclic amines) is 1. The predicted molar refractivity (Wildman–Crippen MR) is 78.5 cm³/mol. The molecule has 120 valence electrons. The SMILES string of the molecule is COc1cccc(C2(F)CCN(C(=O)CCC(=O)O)CC2)c1. The number of hydrogen-bond acceptors (Lipinski definition) is 3. The molecule has 1 fully saturated rings. The highest BCUT2D eigenvalue weighted by molar-refractivity contribution is 5.80. The normalized spacial score (nSPS) is 17.1. The highest BCUT2D eigenvalue weighted by Gasteiger charge is 2.37. The van der Waals surface area contributed by atoms with E-state index in [4.69, 9.17) is 9.84 Å². The van der Waals surface area contributed by atoms with E-state index in [1.807, 2.05) is 0 Å². The van der Waals surface area contributed by atoms with Crippen LogP contribution >= 0.6 is 0 Å². The summed E-state index contributed by atoms with van der Waals surface area (Å²) in [7, 11) is 1.54. The van der Waals surface area contributed by atoms with Crippen LogP contribution < -0.4 is 4.74 Å². The van der Waals surface area contributed by atoms with E-state index in [1.54, 1.807) is 29.2 Å². The van der Waals surface area contributed by atoms with Crippen molar-refractivity contribution in [1.82, 2.24) is 4.90 Å². The number of halogens is 1. The summed E-state index contributed by atoms with van der Waals surface area (Å²) in [6.07, 6.45) is 0.192. The molecule has 22 heavy (non-hydrogen) atoms. The van der Waals surface area contributed by atoms with E-state index in [0.717, 1.165) is 0 Å². The van der Waals surface area contributed by atoms with E-state index in [-0.39, 0.29) is 31.6 Å². The van der Waals surface area contributed by atoms with Gasteiger partial charge in [0.25, 0.3) is 0 Å². The van der Waals surface area contributed by atoms with Crippen molar-refractivity contribution in [3.63, 3.8) is 0 Å². The van der Waals surface area contributed by atoms with Gasteiger partial charge in [0, 0.05) is 32.4 Å². The molecule has 0 unspecified atom stereocenters. The van der Waals surface area contributed by atoms with E-state index < -0.39 is 11.6 Å². The van der Waals surface area contributed by atoms with E-state index in [2.05, 4.69) is 0 Å². The van der Waals surface area contributed by atoms with Gasteiger partial charge in [-0.05, 0) is 17.7 Å². The zero-order chi connectivity index (χ0) is 16.2. The number of carbonyl (C=O) groups is 2. The van der Waals surface area contributed by atoms with Crippen LogP contribution in [0.15, 0.2) is 24.3 Å². The molecule has 1 N–H and O–H groups in total. The Balaban J connectivity index is 1.98. The minimum Gasteiger partial charge on any atom is -0.497 e. The zero-order valence-electron chi connectivity index (χ0n) is 12.5. The van der Waals surface area contributed by atoms with Crippen molar-refractivity contribution < 1.29 is 23.8 Å². The maximum atomic E-state index is 15.1. The number of carbonyl (C=O) groups excluding carboxylic acids is 1. The van der Waals surface area contributed by atoms with Gasteiger partial charge in [0.1, 0.15) is 11.4 Å². The molecule has 0 radical (unpaired) electrons. The van der Waals surface area contributed by atoms with Gasteiger partial charge in [0.05, 0.1) is 13.5 Å². The van der Waals surface area contributed by atoms with Crippen LogP contribution in [0, 0.1) is 0 Å². The number of carboxylic acids is 1. The van der Waals surface area contributed by atoms with Crippen LogP contribution in [0.4, 0.5) is 4.39 Å². The molecule has 0 atom stereocenters. The molecule has 5 nitrogen and oxygen atoms in total. The summed E-state index contributed by atoms with van der Waals surface area (Å²) in [5.41, 5.74) is -0.914. The Hall–Kier alpha value is -2.11. The fourth-order valence-corrected chi connectivity index (χ4v) is 2.67. The van der Waals surface area contributed by atoms with Crippen molar-refractivity contribution in [1.29, 1.82) is 0 Å². The molecule has 1 amide bonds. The maximum absolute atomic E-state index is 15.1. The van der Waals surface area contributed by atoms with Crippen molar-refractivity contribution in [3.8, 4) is 5.75 Å². The maximum Gasteiger partial charge on any atom is 0.303 e. The number of rotatable bonds is 5. The van der Waals surface area contributed by atoms with Crippen LogP contribution in [-0.2, 0) is 15.3 Å². The van der Waals surface area contributed by atoms with Gasteiger partial charge >= 0.3 is 5.97 Å². The number of alkyl halides is 1. The third-order valence-corrected chi connectivity index (χ3v) is 4.05. The molecular weight excluding hydrogens is 289 g/mol. The van der Waals surface area contributed by atoms with Crippen LogP contribution in [0.2, 0.25) is 0 Å². The summed E-state index contributed by atoms with van der Waals surface area (Å²) in [5, 5.41) is 8.60. The van der Waals surface area contributed by atoms with Crippen LogP contribution in [0.3, 0.4) is 0 Å². The highest BCUT2D eigenvalue weighted by atomic mass is 19.1. The molecule has 0 saturated carbocycles. The monoisotopic (exact) mass is 309 g/mol. The topological polar surface area (TPSA) is 66.8 Å². The molecule has 1 aromatic rings. The zero-order valence-corrected chi connectivity index (χ0v) is 12.5. The van der Waals surface area contributed by atoms with Crippen molar-refractivity contribution in [2.45, 2.75) is 31.4 Å². The number of benzene rings is 1. The Morgan fingerprint density at radius 3 is 2.59 bits per heavy atom. The first-order valence-corrected chi connectivity index (χ1v) is 7.27. The Labute approximate surface area is 128 Å². The lowest BCUT2D eigenvalue weighted by Crippen LogP contribution is -2.43. The van der Waals surface area contributed by atoms with Crippen molar-refractivity contribution in [2.75, 3.05) is 20.2 Å². The molecule has 1 aromatic carbocycles. The Bertz CT molecular complexity index is 553. The van der Waals surface area contributed by atoms with Gasteiger partial charge in [-0.2, -0.15) is 0 Å². The minimum atomic E-state index is -1.47. The average Bonchev–Trinajstić information content (AvgIpc) is 2.53. The van der Waals surface area contributed by atoms with Gasteiger partial charge in [-0.15, -0.1) is 0 Å². The van der Waals surface area contributed by atoms with E-state index >= 15 is 4.39 Å². The van der Waals surface area contributed by atoms with E-state index in [0.29, 0.717) is 24.4 Å². The third-order valence-electron chi connectivity index (χ3n) is 4.05. The fourth-order valence-electron chi connectivity index (χ4n) is 2.67. The summed E-state index contributed by atoms with van der Waals surface area (Å²) in [5.74, 6) is -0.619. The lowest BCUT2D eigenvalue weighted by molar-refractivity contribution is -0.141. The molecule has 2 rings (SSSR count). The van der Waals surface area contributed by atoms with E-state index in [9.17, 15) is 9.59 Å². The Morgan fingerprint density at radius 2 is 2.00 bits per heavy atom. The molecule has 6 heteroatoms. The predicted octanol–water partition coefficient (Wildman–Crippen LogP) is 2.35. The number of piperidine rings is 1. The second-order valence-electron chi connectivity index (χ2n) is 5.47. The molecule has 0 bridgehead atoms. The summed E-state index contributed by atoms with van der Waals surface area (Å²) < 4.78 is 20.2. The number of amides is 1. The van der Waals surface area contributed by atoms with E-state index in [1.165, 1.54) is 7.11 Å². The first kappa shape index (κ1) is 16.3. The fraction of sp³-hybridized carbons (Fsp3) is 0.500. The number of methoxy groups -OCH3 is 1. The van der Waals surface area contributed by atoms with Gasteiger partial charge in [0.15, 0.2) is 0 Å². The molecule has 1 saturated heterocycles. The minimum absolute atomic E-state index is 0.0339. The Morgan fingerprint density at radius 1 is 1.32 bits per heavy atom. The number of aliphatic carboxylic acids is 1.